The maximum atomic E-state index is 11.3. The third-order valence-corrected chi connectivity index (χ3v) is 5.06. The van der Waals surface area contributed by atoms with Crippen molar-refractivity contribution in [3.63, 3.8) is 0 Å². The molecule has 0 aliphatic rings. The SMILES string of the molecule is CCCOc1ccc(-c2nc3sc(C(=O)O)c(C)n3c2CC)cc1. The maximum absolute atomic E-state index is 11.3. The van der Waals surface area contributed by atoms with Gasteiger partial charge in [-0.1, -0.05) is 25.2 Å². The number of aromatic nitrogens is 2. The minimum Gasteiger partial charge on any atom is -0.494 e. The van der Waals surface area contributed by atoms with Crippen LogP contribution in [0.2, 0.25) is 0 Å². The van der Waals surface area contributed by atoms with E-state index in [1.165, 1.54) is 11.3 Å². The highest BCUT2D eigenvalue weighted by Crippen LogP contribution is 2.32. The first-order chi connectivity index (χ1) is 11.6. The number of carboxylic acid groups (broad SMARTS) is 1. The van der Waals surface area contributed by atoms with Gasteiger partial charge in [0, 0.05) is 11.3 Å². The number of benzene rings is 1. The Bertz CT molecular complexity index is 878. The lowest BCUT2D eigenvalue weighted by Crippen LogP contribution is -2.00. The second-order valence-electron chi connectivity index (χ2n) is 5.57. The number of rotatable bonds is 6. The second-order valence-corrected chi connectivity index (χ2v) is 6.55. The minimum atomic E-state index is -0.899. The van der Waals surface area contributed by atoms with E-state index in [4.69, 9.17) is 4.74 Å². The molecule has 5 nitrogen and oxygen atoms in total. The summed E-state index contributed by atoms with van der Waals surface area (Å²) in [6.07, 6.45) is 1.76. The van der Waals surface area contributed by atoms with Gasteiger partial charge in [0.25, 0.3) is 0 Å². The first-order valence-electron chi connectivity index (χ1n) is 8.04. The van der Waals surface area contributed by atoms with E-state index in [-0.39, 0.29) is 0 Å². The van der Waals surface area contributed by atoms with Gasteiger partial charge in [-0.25, -0.2) is 9.78 Å². The molecule has 3 rings (SSSR count). The summed E-state index contributed by atoms with van der Waals surface area (Å²) in [6, 6.07) is 7.91. The lowest BCUT2D eigenvalue weighted by atomic mass is 10.1. The first kappa shape index (κ1) is 16.5. The standard InChI is InChI=1S/C18H20N2O3S/c1-4-10-23-13-8-6-12(7-9-13)15-14(5-2)20-11(3)16(17(21)22)24-18(20)19-15/h6-9H,4-5,10H2,1-3H3,(H,21,22). The van der Waals surface area contributed by atoms with E-state index in [9.17, 15) is 9.90 Å². The van der Waals surface area contributed by atoms with Gasteiger partial charge in [-0.3, -0.25) is 4.40 Å². The summed E-state index contributed by atoms with van der Waals surface area (Å²) in [5, 5.41) is 9.29. The molecule has 0 atom stereocenters. The average Bonchev–Trinajstić information content (AvgIpc) is 3.10. The van der Waals surface area contributed by atoms with Crippen molar-refractivity contribution in [2.24, 2.45) is 0 Å². The van der Waals surface area contributed by atoms with Gasteiger partial charge in [0.2, 0.25) is 0 Å². The smallest absolute Gasteiger partial charge is 0.347 e. The van der Waals surface area contributed by atoms with Crippen molar-refractivity contribution >= 4 is 22.3 Å². The van der Waals surface area contributed by atoms with Crippen LogP contribution in [-0.4, -0.2) is 27.1 Å². The predicted octanol–water partition coefficient (Wildman–Crippen LogP) is 4.42. The molecule has 2 heterocycles. The monoisotopic (exact) mass is 344 g/mol. The molecule has 0 bridgehead atoms. The van der Waals surface area contributed by atoms with Crippen molar-refractivity contribution in [3.8, 4) is 17.0 Å². The Morgan fingerprint density at radius 2 is 2.00 bits per heavy atom. The molecule has 0 amide bonds. The Kier molecular flexibility index (Phi) is 4.57. The van der Waals surface area contributed by atoms with Gasteiger partial charge in [-0.2, -0.15) is 0 Å². The highest BCUT2D eigenvalue weighted by Gasteiger charge is 2.21. The van der Waals surface area contributed by atoms with E-state index in [0.29, 0.717) is 11.5 Å². The molecule has 1 N–H and O–H groups in total. The van der Waals surface area contributed by atoms with E-state index in [1.54, 1.807) is 0 Å². The molecule has 0 radical (unpaired) electrons. The van der Waals surface area contributed by atoms with E-state index in [2.05, 4.69) is 18.8 Å². The average molecular weight is 344 g/mol. The summed E-state index contributed by atoms with van der Waals surface area (Å²) in [5.41, 5.74) is 3.70. The fraction of sp³-hybridized carbons (Fsp3) is 0.333. The summed E-state index contributed by atoms with van der Waals surface area (Å²) in [4.78, 5) is 17.1. The first-order valence-corrected chi connectivity index (χ1v) is 8.85. The van der Waals surface area contributed by atoms with Crippen LogP contribution in [-0.2, 0) is 6.42 Å². The molecule has 0 unspecified atom stereocenters. The molecule has 3 aromatic rings. The molecule has 6 heteroatoms. The summed E-state index contributed by atoms with van der Waals surface area (Å²) in [5.74, 6) is -0.0481. The van der Waals surface area contributed by atoms with Crippen LogP contribution in [0.4, 0.5) is 0 Å². The second kappa shape index (κ2) is 6.65. The van der Waals surface area contributed by atoms with Crippen LogP contribution in [0.1, 0.15) is 41.3 Å². The number of thiazole rings is 1. The van der Waals surface area contributed by atoms with Gasteiger partial charge in [-0.05, 0) is 44.0 Å². The Morgan fingerprint density at radius 3 is 2.58 bits per heavy atom. The fourth-order valence-electron chi connectivity index (χ4n) is 2.80. The molecule has 126 valence electrons. The number of carboxylic acids is 1. The molecular formula is C18H20N2O3S. The van der Waals surface area contributed by atoms with E-state index in [0.717, 1.165) is 46.2 Å². The van der Waals surface area contributed by atoms with Crippen LogP contribution in [0.15, 0.2) is 24.3 Å². The molecule has 24 heavy (non-hydrogen) atoms. The summed E-state index contributed by atoms with van der Waals surface area (Å²) < 4.78 is 7.58. The lowest BCUT2D eigenvalue weighted by Gasteiger charge is -2.06. The zero-order valence-electron chi connectivity index (χ0n) is 14.0. The molecule has 0 saturated carbocycles. The molecule has 0 saturated heterocycles. The Morgan fingerprint density at radius 1 is 1.29 bits per heavy atom. The van der Waals surface area contributed by atoms with Gasteiger partial charge < -0.3 is 9.84 Å². The van der Waals surface area contributed by atoms with Gasteiger partial charge in [0.05, 0.1) is 18.0 Å². The molecule has 0 aliphatic heterocycles. The van der Waals surface area contributed by atoms with Crippen molar-refractivity contribution in [2.75, 3.05) is 6.61 Å². The quantitative estimate of drug-likeness (QED) is 0.719. The van der Waals surface area contributed by atoms with Gasteiger partial charge >= 0.3 is 5.97 Å². The zero-order chi connectivity index (χ0) is 17.3. The normalized spacial score (nSPS) is 11.1. The van der Waals surface area contributed by atoms with Crippen LogP contribution in [0.25, 0.3) is 16.2 Å². The zero-order valence-corrected chi connectivity index (χ0v) is 14.8. The number of fused-ring (bicyclic) bond motifs is 1. The van der Waals surface area contributed by atoms with Crippen molar-refractivity contribution in [1.29, 1.82) is 0 Å². The van der Waals surface area contributed by atoms with Crippen LogP contribution < -0.4 is 4.74 Å². The van der Waals surface area contributed by atoms with Crippen molar-refractivity contribution < 1.29 is 14.6 Å². The lowest BCUT2D eigenvalue weighted by molar-refractivity contribution is 0.0701. The maximum Gasteiger partial charge on any atom is 0.347 e. The Hall–Kier alpha value is -2.34. The number of hydrogen-bond acceptors (Lipinski definition) is 4. The third kappa shape index (κ3) is 2.78. The molecular weight excluding hydrogens is 324 g/mol. The minimum absolute atomic E-state index is 0.349. The Labute approximate surface area is 144 Å². The summed E-state index contributed by atoms with van der Waals surface area (Å²) >= 11 is 1.22. The van der Waals surface area contributed by atoms with Crippen molar-refractivity contribution in [3.05, 3.63) is 40.5 Å². The topological polar surface area (TPSA) is 63.8 Å². The van der Waals surface area contributed by atoms with Gasteiger partial charge in [-0.15, -0.1) is 0 Å². The Balaban J connectivity index is 2.05. The molecule has 0 fully saturated rings. The van der Waals surface area contributed by atoms with Gasteiger partial charge in [0.15, 0.2) is 4.96 Å². The summed E-state index contributed by atoms with van der Waals surface area (Å²) in [6.45, 7) is 6.67. The molecule has 0 spiro atoms. The summed E-state index contributed by atoms with van der Waals surface area (Å²) in [7, 11) is 0. The van der Waals surface area contributed by atoms with Crippen LogP contribution >= 0.6 is 11.3 Å². The van der Waals surface area contributed by atoms with Crippen molar-refractivity contribution in [1.82, 2.24) is 9.38 Å². The number of nitrogens with zero attached hydrogens (tertiary/aromatic N) is 2. The van der Waals surface area contributed by atoms with E-state index >= 15 is 0 Å². The van der Waals surface area contributed by atoms with Crippen LogP contribution in [0.3, 0.4) is 0 Å². The van der Waals surface area contributed by atoms with Crippen LogP contribution in [0.5, 0.6) is 5.75 Å². The van der Waals surface area contributed by atoms with Crippen molar-refractivity contribution in [2.45, 2.75) is 33.6 Å². The third-order valence-electron chi connectivity index (χ3n) is 3.93. The van der Waals surface area contributed by atoms with Crippen LogP contribution in [0, 0.1) is 6.92 Å². The highest BCUT2D eigenvalue weighted by atomic mass is 32.1. The largest absolute Gasteiger partial charge is 0.494 e. The number of carbonyl (C=O) groups is 1. The van der Waals surface area contributed by atoms with E-state index < -0.39 is 5.97 Å². The number of hydrogen-bond donors (Lipinski definition) is 1. The van der Waals surface area contributed by atoms with E-state index in [1.807, 2.05) is 35.6 Å². The molecule has 1 aromatic carbocycles. The number of aryl methyl sites for hydroxylation is 2. The predicted molar refractivity (Wildman–Crippen MR) is 95.4 cm³/mol. The number of aromatic carboxylic acids is 1. The number of imidazole rings is 1. The number of ether oxygens (including phenoxy) is 1. The highest BCUT2D eigenvalue weighted by molar-refractivity contribution is 7.19. The van der Waals surface area contributed by atoms with Gasteiger partial charge in [0.1, 0.15) is 10.6 Å². The molecule has 2 aromatic heterocycles. The molecule has 0 aliphatic carbocycles. The fourth-order valence-corrected chi connectivity index (χ4v) is 3.78.